The van der Waals surface area contributed by atoms with Crippen LogP contribution in [0.25, 0.3) is 0 Å². The molecule has 1 aliphatic rings. The highest BCUT2D eigenvalue weighted by Gasteiger charge is 2.57. The molecule has 0 atom stereocenters. The summed E-state index contributed by atoms with van der Waals surface area (Å²) in [4.78, 5) is 26.8. The molecule has 0 amide bonds. The lowest BCUT2D eigenvalue weighted by molar-refractivity contribution is -0.561. The Kier molecular flexibility index (Phi) is 4.86. The number of rotatable bonds is 4. The van der Waals surface area contributed by atoms with Crippen molar-refractivity contribution in [1.29, 1.82) is 0 Å². The third kappa shape index (κ3) is 3.03. The van der Waals surface area contributed by atoms with E-state index in [4.69, 9.17) is 0 Å². The Morgan fingerprint density at radius 2 is 1.63 bits per heavy atom. The number of hydrogen-bond donors (Lipinski definition) is 0. The molecule has 0 aromatic carbocycles. The molecule has 1 saturated heterocycles. The first-order valence-electron chi connectivity index (χ1n) is 6.45. The molecule has 1 aliphatic heterocycles. The Labute approximate surface area is 113 Å². The number of carbonyl (C=O) groups is 1. The quantitative estimate of drug-likeness (QED) is 0.423. The largest absolute Gasteiger partial charge is 0.464 e. The molecule has 0 spiro atoms. The monoisotopic (exact) mass is 273 g/mol. The number of nitro groups is 1. The van der Waals surface area contributed by atoms with Crippen molar-refractivity contribution >= 4 is 5.97 Å². The van der Waals surface area contributed by atoms with Gasteiger partial charge in [-0.3, -0.25) is 19.9 Å². The highest BCUT2D eigenvalue weighted by molar-refractivity contribution is 5.80. The molecule has 0 aromatic rings. The van der Waals surface area contributed by atoms with Gasteiger partial charge in [0.1, 0.15) is 0 Å². The summed E-state index contributed by atoms with van der Waals surface area (Å²) in [5.41, 5.74) is -1.69. The minimum atomic E-state index is -1.69. The normalized spacial score (nSPS) is 20.8. The third-order valence-corrected chi connectivity index (χ3v) is 3.67. The maximum atomic E-state index is 11.9. The molecule has 0 saturated carbocycles. The van der Waals surface area contributed by atoms with Crippen LogP contribution < -0.4 is 0 Å². The van der Waals surface area contributed by atoms with Gasteiger partial charge in [0.15, 0.2) is 0 Å². The average molecular weight is 273 g/mol. The Morgan fingerprint density at radius 1 is 1.21 bits per heavy atom. The summed E-state index contributed by atoms with van der Waals surface area (Å²) in [5.74, 6) is -0.770. The van der Waals surface area contributed by atoms with E-state index < -0.39 is 16.4 Å². The van der Waals surface area contributed by atoms with E-state index in [1.807, 2.05) is 37.5 Å². The number of hydrogen-bond acceptors (Lipinski definition) is 6. The van der Waals surface area contributed by atoms with E-state index in [0.717, 1.165) is 0 Å². The molecule has 0 aromatic heterocycles. The van der Waals surface area contributed by atoms with Crippen molar-refractivity contribution in [2.45, 2.75) is 45.3 Å². The lowest BCUT2D eigenvalue weighted by Gasteiger charge is -2.44. The van der Waals surface area contributed by atoms with Crippen molar-refractivity contribution in [3.63, 3.8) is 0 Å². The zero-order valence-corrected chi connectivity index (χ0v) is 12.3. The molecule has 0 bridgehead atoms. The lowest BCUT2D eigenvalue weighted by Crippen LogP contribution is -2.68. The zero-order valence-electron chi connectivity index (χ0n) is 12.3. The number of carbonyl (C=O) groups excluding carboxylic acids is 1. The molecular formula is C12H23N3O4. The second-order valence-corrected chi connectivity index (χ2v) is 5.60. The molecule has 1 fully saturated rings. The molecule has 110 valence electrons. The number of nitrogens with zero attached hydrogens (tertiary/aromatic N) is 3. The molecule has 0 radical (unpaired) electrons. The second-order valence-electron chi connectivity index (χ2n) is 5.60. The highest BCUT2D eigenvalue weighted by atomic mass is 16.6. The van der Waals surface area contributed by atoms with Gasteiger partial charge in [0.2, 0.25) is 0 Å². The first-order valence-corrected chi connectivity index (χ1v) is 6.45. The molecule has 7 nitrogen and oxygen atoms in total. The van der Waals surface area contributed by atoms with Gasteiger partial charge in [-0.15, -0.1) is 0 Å². The fourth-order valence-electron chi connectivity index (χ4n) is 2.26. The van der Waals surface area contributed by atoms with Gasteiger partial charge in [-0.05, 0) is 27.7 Å². The van der Waals surface area contributed by atoms with Gasteiger partial charge in [0, 0.05) is 17.0 Å². The SMILES string of the molecule is COC(=O)C1([N+](=O)[O-])CN(C(C)C)CN(C(C)C)C1. The molecule has 0 N–H and O–H groups in total. The van der Waals surface area contributed by atoms with Gasteiger partial charge in [0.05, 0.1) is 26.9 Å². The smallest absolute Gasteiger partial charge is 0.387 e. The maximum absolute atomic E-state index is 11.9. The summed E-state index contributed by atoms with van der Waals surface area (Å²) in [6, 6.07) is 0.260. The summed E-state index contributed by atoms with van der Waals surface area (Å²) >= 11 is 0. The van der Waals surface area contributed by atoms with Crippen LogP contribution in [0, 0.1) is 10.1 Å². The summed E-state index contributed by atoms with van der Waals surface area (Å²) < 4.78 is 4.68. The fraction of sp³-hybridized carbons (Fsp3) is 0.917. The zero-order chi connectivity index (χ0) is 14.8. The van der Waals surface area contributed by atoms with Gasteiger partial charge in [-0.1, -0.05) is 0 Å². The van der Waals surface area contributed by atoms with Crippen molar-refractivity contribution < 1.29 is 14.5 Å². The number of methoxy groups -OCH3 is 1. The van der Waals surface area contributed by atoms with Crippen LogP contribution in [-0.4, -0.2) is 65.2 Å². The van der Waals surface area contributed by atoms with Crippen LogP contribution in [0.15, 0.2) is 0 Å². The average Bonchev–Trinajstić information content (AvgIpc) is 2.36. The van der Waals surface area contributed by atoms with Crippen LogP contribution in [0.1, 0.15) is 27.7 Å². The Morgan fingerprint density at radius 3 is 1.89 bits per heavy atom. The van der Waals surface area contributed by atoms with Crippen molar-refractivity contribution in [2.75, 3.05) is 26.9 Å². The summed E-state index contributed by atoms with van der Waals surface area (Å²) in [6.07, 6.45) is 0. The van der Waals surface area contributed by atoms with Crippen LogP contribution in [0.4, 0.5) is 0 Å². The van der Waals surface area contributed by atoms with Crippen molar-refractivity contribution in [3.05, 3.63) is 10.1 Å². The molecule has 0 aliphatic carbocycles. The summed E-state index contributed by atoms with van der Waals surface area (Å²) in [6.45, 7) is 8.66. The van der Waals surface area contributed by atoms with Crippen molar-refractivity contribution in [2.24, 2.45) is 0 Å². The number of ether oxygens (including phenoxy) is 1. The Balaban J connectivity index is 3.14. The van der Waals surface area contributed by atoms with Crippen LogP contribution in [0.5, 0.6) is 0 Å². The van der Waals surface area contributed by atoms with E-state index in [2.05, 4.69) is 4.74 Å². The van der Waals surface area contributed by atoms with Crippen LogP contribution >= 0.6 is 0 Å². The molecule has 1 heterocycles. The first-order chi connectivity index (χ1) is 8.74. The van der Waals surface area contributed by atoms with Crippen LogP contribution in [-0.2, 0) is 9.53 Å². The van der Waals surface area contributed by atoms with E-state index in [1.165, 1.54) is 7.11 Å². The summed E-state index contributed by atoms with van der Waals surface area (Å²) in [5, 5.41) is 11.5. The van der Waals surface area contributed by atoms with Gasteiger partial charge in [-0.2, -0.15) is 0 Å². The van der Waals surface area contributed by atoms with Gasteiger partial charge in [-0.25, -0.2) is 4.79 Å². The Bertz CT molecular complexity index is 341. The summed E-state index contributed by atoms with van der Waals surface area (Å²) in [7, 11) is 1.20. The second kappa shape index (κ2) is 5.83. The highest BCUT2D eigenvalue weighted by Crippen LogP contribution is 2.24. The minimum Gasteiger partial charge on any atom is -0.464 e. The predicted octanol–water partition coefficient (Wildman–Crippen LogP) is 0.567. The molecule has 1 rings (SSSR count). The molecule has 7 heteroatoms. The predicted molar refractivity (Wildman–Crippen MR) is 70.3 cm³/mol. The van der Waals surface area contributed by atoms with E-state index in [9.17, 15) is 14.9 Å². The lowest BCUT2D eigenvalue weighted by atomic mass is 9.95. The van der Waals surface area contributed by atoms with Crippen molar-refractivity contribution in [1.82, 2.24) is 9.80 Å². The Hall–Kier alpha value is -1.21. The fourth-order valence-corrected chi connectivity index (χ4v) is 2.26. The molecule has 0 unspecified atom stereocenters. The van der Waals surface area contributed by atoms with E-state index in [1.54, 1.807) is 0 Å². The van der Waals surface area contributed by atoms with Crippen LogP contribution in [0.2, 0.25) is 0 Å². The molecule has 19 heavy (non-hydrogen) atoms. The van der Waals surface area contributed by atoms with Gasteiger partial charge < -0.3 is 4.74 Å². The van der Waals surface area contributed by atoms with Crippen molar-refractivity contribution in [3.8, 4) is 0 Å². The third-order valence-electron chi connectivity index (χ3n) is 3.67. The standard InChI is InChI=1S/C12H23N3O4/c1-9(2)13-6-12(15(17)18,11(16)19-5)7-14(8-13)10(3)4/h9-10H,6-8H2,1-5H3. The van der Waals surface area contributed by atoms with E-state index >= 15 is 0 Å². The van der Waals surface area contributed by atoms with Crippen LogP contribution in [0.3, 0.4) is 0 Å². The number of esters is 1. The van der Waals surface area contributed by atoms with Gasteiger partial charge >= 0.3 is 11.5 Å². The van der Waals surface area contributed by atoms with E-state index in [0.29, 0.717) is 6.67 Å². The molecular weight excluding hydrogens is 250 g/mol. The topological polar surface area (TPSA) is 75.9 Å². The minimum absolute atomic E-state index is 0.0908. The maximum Gasteiger partial charge on any atom is 0.387 e. The van der Waals surface area contributed by atoms with E-state index in [-0.39, 0.29) is 25.2 Å². The first kappa shape index (κ1) is 15.8. The van der Waals surface area contributed by atoms with Gasteiger partial charge in [0.25, 0.3) is 0 Å².